The van der Waals surface area contributed by atoms with Gasteiger partial charge in [-0.3, -0.25) is 19.7 Å². The second kappa shape index (κ2) is 16.7. The predicted octanol–water partition coefficient (Wildman–Crippen LogP) is 6.09. The summed E-state index contributed by atoms with van der Waals surface area (Å²) in [5.41, 5.74) is 0.842. The number of carbonyl (C=O) groups is 3. The lowest BCUT2D eigenvalue weighted by molar-refractivity contribution is -0.385. The van der Waals surface area contributed by atoms with Gasteiger partial charge in [0, 0.05) is 62.5 Å². The standard InChI is InChI=1S/C33H45FN4O6/c1-5-35(23-25-17-20-36(21-18-25)28-15-16-29(33(41)44-4)30(22-28)38(42)43)31(39)10-8-6-7-9-19-37(24(2)3)32(40)26-11-13-27(34)14-12-26/h11-16,22,24-25H,5-10,17-21,23H2,1-4H3. The van der Waals surface area contributed by atoms with Crippen LogP contribution in [0.4, 0.5) is 15.8 Å². The van der Waals surface area contributed by atoms with Crippen molar-refractivity contribution in [2.75, 3.05) is 44.7 Å². The van der Waals surface area contributed by atoms with E-state index in [-0.39, 0.29) is 34.9 Å². The summed E-state index contributed by atoms with van der Waals surface area (Å²) in [5, 5.41) is 11.5. The van der Waals surface area contributed by atoms with Gasteiger partial charge in [0.2, 0.25) is 5.91 Å². The molecule has 1 aliphatic rings. The highest BCUT2D eigenvalue weighted by Crippen LogP contribution is 2.30. The Kier molecular flexibility index (Phi) is 13.1. The molecule has 1 heterocycles. The number of methoxy groups -OCH3 is 1. The van der Waals surface area contributed by atoms with Gasteiger partial charge in [0.1, 0.15) is 11.4 Å². The molecular formula is C33H45FN4O6. The van der Waals surface area contributed by atoms with Crippen LogP contribution in [0.1, 0.15) is 86.4 Å². The number of ether oxygens (including phenoxy) is 1. The van der Waals surface area contributed by atoms with E-state index in [4.69, 9.17) is 0 Å². The maximum atomic E-state index is 13.2. The molecule has 0 spiro atoms. The molecule has 0 aromatic heterocycles. The van der Waals surface area contributed by atoms with Crippen LogP contribution in [0.15, 0.2) is 42.5 Å². The molecule has 3 rings (SSSR count). The van der Waals surface area contributed by atoms with Crippen molar-refractivity contribution in [3.05, 3.63) is 69.5 Å². The molecule has 0 N–H and O–H groups in total. The van der Waals surface area contributed by atoms with Gasteiger partial charge in [0.25, 0.3) is 11.6 Å². The SMILES string of the molecule is CCN(CC1CCN(c2ccc(C(=O)OC)c([N+](=O)[O-])c2)CC1)C(=O)CCCCCCN(C(=O)c1ccc(F)cc1)C(C)C. The van der Waals surface area contributed by atoms with Crippen molar-refractivity contribution < 1.29 is 28.4 Å². The average Bonchev–Trinajstić information content (AvgIpc) is 3.02. The number of anilines is 1. The van der Waals surface area contributed by atoms with E-state index >= 15 is 0 Å². The highest BCUT2D eigenvalue weighted by atomic mass is 19.1. The molecule has 0 radical (unpaired) electrons. The zero-order chi connectivity index (χ0) is 32.2. The smallest absolute Gasteiger partial charge is 0.344 e. The molecule has 2 aromatic rings. The van der Waals surface area contributed by atoms with Crippen molar-refractivity contribution in [3.63, 3.8) is 0 Å². The van der Waals surface area contributed by atoms with E-state index in [1.54, 1.807) is 11.0 Å². The minimum Gasteiger partial charge on any atom is -0.465 e. The number of nitro groups is 1. The molecule has 1 saturated heterocycles. The minimum atomic E-state index is -0.737. The summed E-state index contributed by atoms with van der Waals surface area (Å²) in [4.78, 5) is 54.5. The van der Waals surface area contributed by atoms with Gasteiger partial charge in [-0.1, -0.05) is 12.8 Å². The van der Waals surface area contributed by atoms with Gasteiger partial charge in [-0.05, 0) is 88.8 Å². The fourth-order valence-electron chi connectivity index (χ4n) is 5.67. The first kappa shape index (κ1) is 34.5. The first-order chi connectivity index (χ1) is 21.0. The number of halogens is 1. The van der Waals surface area contributed by atoms with Gasteiger partial charge in [-0.2, -0.15) is 0 Å². The predicted molar refractivity (Wildman–Crippen MR) is 167 cm³/mol. The highest BCUT2D eigenvalue weighted by molar-refractivity contribution is 5.95. The number of carbonyl (C=O) groups excluding carboxylic acids is 3. The summed E-state index contributed by atoms with van der Waals surface area (Å²) in [6, 6.07) is 10.2. The number of esters is 1. The van der Waals surface area contributed by atoms with E-state index in [0.717, 1.165) is 38.5 Å². The molecule has 0 unspecified atom stereocenters. The zero-order valence-corrected chi connectivity index (χ0v) is 26.3. The second-order valence-corrected chi connectivity index (χ2v) is 11.6. The monoisotopic (exact) mass is 612 g/mol. The largest absolute Gasteiger partial charge is 0.465 e. The molecule has 0 saturated carbocycles. The van der Waals surface area contributed by atoms with Crippen LogP contribution in [0.3, 0.4) is 0 Å². The summed E-state index contributed by atoms with van der Waals surface area (Å²) in [7, 11) is 1.20. The molecule has 0 aliphatic carbocycles. The molecule has 11 heteroatoms. The van der Waals surface area contributed by atoms with E-state index in [1.807, 2.05) is 25.7 Å². The van der Waals surface area contributed by atoms with Crippen molar-refractivity contribution in [3.8, 4) is 0 Å². The summed E-state index contributed by atoms with van der Waals surface area (Å²) < 4.78 is 17.9. The first-order valence-electron chi connectivity index (χ1n) is 15.5. The number of hydrogen-bond acceptors (Lipinski definition) is 7. The lowest BCUT2D eigenvalue weighted by Gasteiger charge is -2.36. The Hall–Kier alpha value is -4.02. The Balaban J connectivity index is 1.40. The molecule has 0 atom stereocenters. The topological polar surface area (TPSA) is 113 Å². The van der Waals surface area contributed by atoms with Gasteiger partial charge < -0.3 is 19.4 Å². The third-order valence-electron chi connectivity index (χ3n) is 8.29. The summed E-state index contributed by atoms with van der Waals surface area (Å²) >= 11 is 0. The van der Waals surface area contributed by atoms with Crippen LogP contribution in [-0.4, -0.2) is 78.4 Å². The molecule has 2 amide bonds. The third-order valence-corrected chi connectivity index (χ3v) is 8.29. The molecule has 1 fully saturated rings. The molecular weight excluding hydrogens is 567 g/mol. The van der Waals surface area contributed by atoms with Crippen LogP contribution in [0.2, 0.25) is 0 Å². The van der Waals surface area contributed by atoms with E-state index in [2.05, 4.69) is 9.64 Å². The third kappa shape index (κ3) is 9.49. The van der Waals surface area contributed by atoms with Crippen LogP contribution in [0.25, 0.3) is 0 Å². The normalized spacial score (nSPS) is 13.5. The van der Waals surface area contributed by atoms with Crippen LogP contribution in [0.5, 0.6) is 0 Å². The van der Waals surface area contributed by atoms with Crippen molar-refractivity contribution in [2.45, 2.75) is 71.8 Å². The molecule has 0 bridgehead atoms. The van der Waals surface area contributed by atoms with Crippen molar-refractivity contribution in [2.24, 2.45) is 5.92 Å². The Bertz CT molecular complexity index is 1280. The molecule has 10 nitrogen and oxygen atoms in total. The Morgan fingerprint density at radius 3 is 2.30 bits per heavy atom. The van der Waals surface area contributed by atoms with Crippen molar-refractivity contribution in [1.82, 2.24) is 9.80 Å². The number of amides is 2. The van der Waals surface area contributed by atoms with E-state index in [9.17, 15) is 28.9 Å². The average molecular weight is 613 g/mol. The fraction of sp³-hybridized carbons (Fsp3) is 0.545. The lowest BCUT2D eigenvalue weighted by Crippen LogP contribution is -2.41. The van der Waals surface area contributed by atoms with E-state index < -0.39 is 10.9 Å². The van der Waals surface area contributed by atoms with Gasteiger partial charge in [0.05, 0.1) is 12.0 Å². The van der Waals surface area contributed by atoms with Gasteiger partial charge in [0.15, 0.2) is 0 Å². The molecule has 2 aromatic carbocycles. The van der Waals surface area contributed by atoms with E-state index in [1.165, 1.54) is 43.5 Å². The second-order valence-electron chi connectivity index (χ2n) is 11.6. The number of hydrogen-bond donors (Lipinski definition) is 0. The number of benzene rings is 2. The highest BCUT2D eigenvalue weighted by Gasteiger charge is 2.27. The van der Waals surface area contributed by atoms with Crippen LogP contribution in [0, 0.1) is 21.8 Å². The quantitative estimate of drug-likeness (QED) is 0.104. The van der Waals surface area contributed by atoms with Gasteiger partial charge in [-0.25, -0.2) is 9.18 Å². The number of nitrogens with zero attached hydrogens (tertiary/aromatic N) is 4. The Labute approximate surface area is 259 Å². The van der Waals surface area contributed by atoms with E-state index in [0.29, 0.717) is 56.3 Å². The number of piperidine rings is 1. The molecule has 1 aliphatic heterocycles. The Morgan fingerprint density at radius 2 is 1.70 bits per heavy atom. The molecule has 240 valence electrons. The summed E-state index contributed by atoms with van der Waals surface area (Å²) in [5.74, 6) is -0.703. The van der Waals surface area contributed by atoms with Crippen molar-refractivity contribution >= 4 is 29.2 Å². The zero-order valence-electron chi connectivity index (χ0n) is 26.3. The Morgan fingerprint density at radius 1 is 1.05 bits per heavy atom. The van der Waals surface area contributed by atoms with Gasteiger partial charge in [-0.15, -0.1) is 0 Å². The first-order valence-corrected chi connectivity index (χ1v) is 15.5. The van der Waals surface area contributed by atoms with Crippen LogP contribution < -0.4 is 4.90 Å². The summed E-state index contributed by atoms with van der Waals surface area (Å²) in [6.45, 7) is 9.31. The maximum Gasteiger partial charge on any atom is 0.344 e. The lowest BCUT2D eigenvalue weighted by atomic mass is 9.95. The summed E-state index contributed by atoms with van der Waals surface area (Å²) in [6.07, 6.45) is 5.66. The van der Waals surface area contributed by atoms with Crippen molar-refractivity contribution in [1.29, 1.82) is 0 Å². The van der Waals surface area contributed by atoms with Crippen LogP contribution >= 0.6 is 0 Å². The maximum absolute atomic E-state index is 13.2. The van der Waals surface area contributed by atoms with Gasteiger partial charge >= 0.3 is 5.97 Å². The fourth-order valence-corrected chi connectivity index (χ4v) is 5.67. The molecule has 44 heavy (non-hydrogen) atoms. The number of unbranched alkanes of at least 4 members (excludes halogenated alkanes) is 3. The number of rotatable bonds is 15. The minimum absolute atomic E-state index is 0.0322. The number of nitro benzene ring substituents is 1. The van der Waals surface area contributed by atoms with Crippen LogP contribution in [-0.2, 0) is 9.53 Å².